The van der Waals surface area contributed by atoms with E-state index in [0.717, 1.165) is 19.3 Å². The van der Waals surface area contributed by atoms with Gasteiger partial charge in [0.25, 0.3) is 0 Å². The average molecular weight is 201 g/mol. The maximum absolute atomic E-state index is 11.5. The van der Waals surface area contributed by atoms with Gasteiger partial charge in [0.15, 0.2) is 0 Å². The van der Waals surface area contributed by atoms with Crippen molar-refractivity contribution < 1.29 is 9.53 Å². The molecule has 84 valence electrons. The lowest BCUT2D eigenvalue weighted by Gasteiger charge is -2.31. The summed E-state index contributed by atoms with van der Waals surface area (Å²) in [6.07, 6.45) is 3.18. The van der Waals surface area contributed by atoms with Crippen LogP contribution >= 0.6 is 0 Å². The summed E-state index contributed by atoms with van der Waals surface area (Å²) in [5.74, 6) is -0.266. The summed E-state index contributed by atoms with van der Waals surface area (Å²) < 4.78 is 5.47. The minimum Gasteiger partial charge on any atom is -0.458 e. The van der Waals surface area contributed by atoms with Crippen LogP contribution in [0.4, 0.5) is 0 Å². The summed E-state index contributed by atoms with van der Waals surface area (Å²) in [6.45, 7) is 8.00. The van der Waals surface area contributed by atoms with E-state index in [1.165, 1.54) is 0 Å². The Balaban J connectivity index is 4.37. The molecule has 1 unspecified atom stereocenters. The van der Waals surface area contributed by atoms with Gasteiger partial charge in [0.1, 0.15) is 11.6 Å². The zero-order valence-electron chi connectivity index (χ0n) is 9.80. The topological polar surface area (TPSA) is 52.3 Å². The van der Waals surface area contributed by atoms with Gasteiger partial charge in [-0.05, 0) is 25.7 Å². The minimum absolute atomic E-state index is 0.266. The van der Waals surface area contributed by atoms with Crippen LogP contribution in [0.2, 0.25) is 0 Å². The second-order valence-corrected chi connectivity index (χ2v) is 3.68. The summed E-state index contributed by atoms with van der Waals surface area (Å²) in [7, 11) is 0. The quantitative estimate of drug-likeness (QED) is 0.670. The first kappa shape index (κ1) is 13.4. The van der Waals surface area contributed by atoms with Gasteiger partial charge in [-0.2, -0.15) is 0 Å². The summed E-state index contributed by atoms with van der Waals surface area (Å²) in [6, 6.07) is -0.473. The Morgan fingerprint density at radius 2 is 1.64 bits per heavy atom. The second-order valence-electron chi connectivity index (χ2n) is 3.68. The molecule has 0 heterocycles. The van der Waals surface area contributed by atoms with Gasteiger partial charge < -0.3 is 10.5 Å². The molecule has 0 aliphatic carbocycles. The fraction of sp³-hybridized carbons (Fsp3) is 0.909. The van der Waals surface area contributed by atoms with Crippen molar-refractivity contribution >= 4 is 5.97 Å². The Bertz CT molecular complexity index is 168. The Morgan fingerprint density at radius 3 is 1.93 bits per heavy atom. The van der Waals surface area contributed by atoms with E-state index >= 15 is 0 Å². The van der Waals surface area contributed by atoms with Crippen LogP contribution in [-0.2, 0) is 9.53 Å². The Hall–Kier alpha value is -0.570. The highest BCUT2D eigenvalue weighted by molar-refractivity contribution is 5.75. The lowest BCUT2D eigenvalue weighted by atomic mass is 9.94. The SMILES string of the molecule is CCC(N)C(=O)OC(CC)(CC)CC. The van der Waals surface area contributed by atoms with Gasteiger partial charge in [-0.3, -0.25) is 4.79 Å². The van der Waals surface area contributed by atoms with Gasteiger partial charge in [0.05, 0.1) is 0 Å². The molecule has 0 aliphatic heterocycles. The first-order valence-electron chi connectivity index (χ1n) is 5.53. The molecule has 0 bridgehead atoms. The first-order valence-corrected chi connectivity index (χ1v) is 5.53. The standard InChI is InChI=1S/C11H23NO2/c1-5-9(12)10(13)14-11(6-2,7-3)8-4/h9H,5-8,12H2,1-4H3. The van der Waals surface area contributed by atoms with Crippen molar-refractivity contribution in [3.05, 3.63) is 0 Å². The Morgan fingerprint density at radius 1 is 1.21 bits per heavy atom. The molecule has 0 spiro atoms. The zero-order chi connectivity index (χ0) is 11.2. The summed E-state index contributed by atoms with van der Waals surface area (Å²) in [4.78, 5) is 11.5. The number of hydrogen-bond acceptors (Lipinski definition) is 3. The molecule has 0 fully saturated rings. The van der Waals surface area contributed by atoms with Crippen molar-refractivity contribution in [3.63, 3.8) is 0 Å². The molecule has 14 heavy (non-hydrogen) atoms. The third kappa shape index (κ3) is 3.29. The number of carbonyl (C=O) groups excluding carboxylic acids is 1. The van der Waals surface area contributed by atoms with E-state index in [1.807, 2.05) is 27.7 Å². The van der Waals surface area contributed by atoms with Crippen LogP contribution < -0.4 is 5.73 Å². The molecule has 1 atom stereocenters. The second kappa shape index (κ2) is 6.02. The number of esters is 1. The lowest BCUT2D eigenvalue weighted by molar-refractivity contribution is -0.163. The largest absolute Gasteiger partial charge is 0.458 e. The highest BCUT2D eigenvalue weighted by Gasteiger charge is 2.29. The number of nitrogens with two attached hydrogens (primary N) is 1. The highest BCUT2D eigenvalue weighted by Crippen LogP contribution is 2.24. The summed E-state index contributed by atoms with van der Waals surface area (Å²) in [5.41, 5.74) is 5.31. The minimum atomic E-state index is -0.473. The van der Waals surface area contributed by atoms with Crippen molar-refractivity contribution in [2.24, 2.45) is 5.73 Å². The number of carbonyl (C=O) groups is 1. The monoisotopic (exact) mass is 201 g/mol. The molecule has 0 aliphatic rings. The van der Waals surface area contributed by atoms with Crippen LogP contribution in [0.15, 0.2) is 0 Å². The van der Waals surface area contributed by atoms with Crippen molar-refractivity contribution in [2.45, 2.75) is 65.0 Å². The Labute approximate surface area is 87.0 Å². The van der Waals surface area contributed by atoms with Gasteiger partial charge in [0.2, 0.25) is 0 Å². The molecule has 0 aromatic carbocycles. The average Bonchev–Trinajstić information content (AvgIpc) is 2.24. The van der Waals surface area contributed by atoms with E-state index in [1.54, 1.807) is 0 Å². The van der Waals surface area contributed by atoms with Gasteiger partial charge >= 0.3 is 5.97 Å². The fourth-order valence-corrected chi connectivity index (χ4v) is 1.42. The maximum atomic E-state index is 11.5. The molecule has 3 heteroatoms. The van der Waals surface area contributed by atoms with Gasteiger partial charge in [0, 0.05) is 0 Å². The number of ether oxygens (including phenoxy) is 1. The Kier molecular flexibility index (Phi) is 5.77. The van der Waals surface area contributed by atoms with Gasteiger partial charge in [-0.1, -0.05) is 27.7 Å². The van der Waals surface area contributed by atoms with Gasteiger partial charge in [-0.25, -0.2) is 0 Å². The van der Waals surface area contributed by atoms with Crippen molar-refractivity contribution in [3.8, 4) is 0 Å². The summed E-state index contributed by atoms with van der Waals surface area (Å²) in [5, 5.41) is 0. The third-order valence-electron chi connectivity index (χ3n) is 2.99. The smallest absolute Gasteiger partial charge is 0.323 e. The first-order chi connectivity index (χ1) is 6.55. The zero-order valence-corrected chi connectivity index (χ0v) is 9.80. The summed E-state index contributed by atoms with van der Waals surface area (Å²) >= 11 is 0. The van der Waals surface area contributed by atoms with E-state index in [-0.39, 0.29) is 11.6 Å². The van der Waals surface area contributed by atoms with Crippen LogP contribution in [0.1, 0.15) is 53.4 Å². The third-order valence-corrected chi connectivity index (χ3v) is 2.99. The molecule has 0 aromatic rings. The molecular formula is C11H23NO2. The van der Waals surface area contributed by atoms with Crippen LogP contribution in [0, 0.1) is 0 Å². The van der Waals surface area contributed by atoms with Crippen LogP contribution in [0.3, 0.4) is 0 Å². The van der Waals surface area contributed by atoms with E-state index < -0.39 is 6.04 Å². The normalized spacial score (nSPS) is 13.8. The molecular weight excluding hydrogens is 178 g/mol. The van der Waals surface area contributed by atoms with E-state index in [4.69, 9.17) is 10.5 Å². The lowest BCUT2D eigenvalue weighted by Crippen LogP contribution is -2.40. The predicted molar refractivity (Wildman–Crippen MR) is 58.0 cm³/mol. The molecule has 0 amide bonds. The van der Waals surface area contributed by atoms with Crippen molar-refractivity contribution in [1.82, 2.24) is 0 Å². The van der Waals surface area contributed by atoms with Crippen LogP contribution in [0.5, 0.6) is 0 Å². The highest BCUT2D eigenvalue weighted by atomic mass is 16.6. The molecule has 0 saturated heterocycles. The molecule has 3 nitrogen and oxygen atoms in total. The fourth-order valence-electron chi connectivity index (χ4n) is 1.42. The number of rotatable bonds is 6. The van der Waals surface area contributed by atoms with E-state index in [9.17, 15) is 4.79 Å². The molecule has 0 rings (SSSR count). The maximum Gasteiger partial charge on any atom is 0.323 e. The van der Waals surface area contributed by atoms with Crippen molar-refractivity contribution in [1.29, 1.82) is 0 Å². The predicted octanol–water partition coefficient (Wildman–Crippen LogP) is 2.24. The molecule has 0 aromatic heterocycles. The molecule has 2 N–H and O–H groups in total. The molecule has 0 saturated carbocycles. The van der Waals surface area contributed by atoms with E-state index in [2.05, 4.69) is 0 Å². The van der Waals surface area contributed by atoms with Crippen LogP contribution in [0.25, 0.3) is 0 Å². The van der Waals surface area contributed by atoms with E-state index in [0.29, 0.717) is 6.42 Å². The van der Waals surface area contributed by atoms with Crippen LogP contribution in [-0.4, -0.2) is 17.6 Å². The van der Waals surface area contributed by atoms with Gasteiger partial charge in [-0.15, -0.1) is 0 Å². The number of hydrogen-bond donors (Lipinski definition) is 1. The van der Waals surface area contributed by atoms with Crippen molar-refractivity contribution in [2.75, 3.05) is 0 Å². The molecule has 0 radical (unpaired) electrons.